The van der Waals surface area contributed by atoms with Crippen LogP contribution in [0.3, 0.4) is 0 Å². The van der Waals surface area contributed by atoms with Gasteiger partial charge in [-0.25, -0.2) is 4.68 Å². The molecule has 1 aliphatic rings. The summed E-state index contributed by atoms with van der Waals surface area (Å²) in [6, 6.07) is 5.04. The molecule has 0 bridgehead atoms. The average molecular weight is 530 g/mol. The molecule has 1 saturated heterocycles. The van der Waals surface area contributed by atoms with Crippen molar-refractivity contribution in [3.05, 3.63) is 66.0 Å². The standard InChI is InChI=1S/C26H30F3N7O2/c1-3-21(37)34-11-5-9-20(10-6-12-34)36-25(31-2)22(24(30)38)23(33-36)18-14-32-35(16-18)15-17-7-4-8-19(13-17)26(27,28)29/h3-4,7-8,13-14,16,20,31H,1,5-6,9-12,15H2,2H3,(H2,30,38). The molecule has 9 nitrogen and oxygen atoms in total. The van der Waals surface area contributed by atoms with E-state index in [9.17, 15) is 22.8 Å². The number of rotatable bonds is 7. The van der Waals surface area contributed by atoms with E-state index in [4.69, 9.17) is 10.8 Å². The molecule has 0 spiro atoms. The zero-order chi connectivity index (χ0) is 27.4. The van der Waals surface area contributed by atoms with Crippen LogP contribution in [-0.2, 0) is 17.5 Å². The van der Waals surface area contributed by atoms with Crippen molar-refractivity contribution < 1.29 is 22.8 Å². The van der Waals surface area contributed by atoms with E-state index in [-0.39, 0.29) is 24.1 Å². The first-order valence-electron chi connectivity index (χ1n) is 12.3. The van der Waals surface area contributed by atoms with Crippen LogP contribution in [0.15, 0.2) is 49.3 Å². The molecule has 3 aromatic rings. The molecule has 0 saturated carbocycles. The molecular formula is C26H30F3N7O2. The number of anilines is 1. The number of aromatic nitrogens is 4. The molecular weight excluding hydrogens is 499 g/mol. The number of nitrogens with one attached hydrogen (secondary N) is 1. The second kappa shape index (κ2) is 11.1. The molecule has 12 heteroatoms. The highest BCUT2D eigenvalue weighted by atomic mass is 19.4. The average Bonchev–Trinajstić information content (AvgIpc) is 3.47. The van der Waals surface area contributed by atoms with Gasteiger partial charge >= 0.3 is 6.18 Å². The van der Waals surface area contributed by atoms with Crippen molar-refractivity contribution >= 4 is 17.6 Å². The van der Waals surface area contributed by atoms with Crippen LogP contribution in [0, 0.1) is 0 Å². The van der Waals surface area contributed by atoms with Crippen molar-refractivity contribution in [1.82, 2.24) is 24.5 Å². The Hall–Kier alpha value is -4.09. The van der Waals surface area contributed by atoms with Gasteiger partial charge in [0.2, 0.25) is 5.91 Å². The highest BCUT2D eigenvalue weighted by molar-refractivity contribution is 6.03. The highest BCUT2D eigenvalue weighted by Gasteiger charge is 2.31. The molecule has 0 aliphatic carbocycles. The lowest BCUT2D eigenvalue weighted by molar-refractivity contribution is -0.137. The minimum absolute atomic E-state index is 0.0227. The van der Waals surface area contributed by atoms with E-state index in [0.717, 1.165) is 37.8 Å². The summed E-state index contributed by atoms with van der Waals surface area (Å²) in [4.78, 5) is 26.3. The number of hydrogen-bond acceptors (Lipinski definition) is 5. The SMILES string of the molecule is C=CC(=O)N1CCCC(n2nc(-c3cnn(Cc4cccc(C(F)(F)F)c4)c3)c(C(N)=O)c2NC)CCC1. The Morgan fingerprint density at radius 1 is 1.24 bits per heavy atom. The second-order valence-corrected chi connectivity index (χ2v) is 9.22. The monoisotopic (exact) mass is 529 g/mol. The fraction of sp³-hybridized carbons (Fsp3) is 0.385. The number of alkyl halides is 3. The van der Waals surface area contributed by atoms with Crippen LogP contribution in [0.2, 0.25) is 0 Å². The molecule has 2 aromatic heterocycles. The van der Waals surface area contributed by atoms with E-state index >= 15 is 0 Å². The van der Waals surface area contributed by atoms with E-state index < -0.39 is 17.6 Å². The third-order valence-corrected chi connectivity index (χ3v) is 6.66. The van der Waals surface area contributed by atoms with Crippen LogP contribution in [0.25, 0.3) is 11.3 Å². The second-order valence-electron chi connectivity index (χ2n) is 9.22. The third-order valence-electron chi connectivity index (χ3n) is 6.66. The first kappa shape index (κ1) is 27.0. The maximum atomic E-state index is 13.1. The smallest absolute Gasteiger partial charge is 0.373 e. The van der Waals surface area contributed by atoms with Crippen LogP contribution in [-0.4, -0.2) is 56.4 Å². The number of benzene rings is 1. The summed E-state index contributed by atoms with van der Waals surface area (Å²) in [7, 11) is 1.69. The Kier molecular flexibility index (Phi) is 7.88. The number of amides is 2. The molecule has 2 amide bonds. The molecule has 202 valence electrons. The first-order chi connectivity index (χ1) is 18.1. The molecule has 3 N–H and O–H groups in total. The zero-order valence-electron chi connectivity index (χ0n) is 21.0. The summed E-state index contributed by atoms with van der Waals surface area (Å²) >= 11 is 0. The molecule has 0 radical (unpaired) electrons. The van der Waals surface area contributed by atoms with Crippen molar-refractivity contribution in [3.8, 4) is 11.3 Å². The van der Waals surface area contributed by atoms with E-state index in [2.05, 4.69) is 17.0 Å². The molecule has 38 heavy (non-hydrogen) atoms. The fourth-order valence-electron chi connectivity index (χ4n) is 4.86. The minimum atomic E-state index is -4.44. The Balaban J connectivity index is 1.61. The lowest BCUT2D eigenvalue weighted by atomic mass is 10.0. The van der Waals surface area contributed by atoms with Crippen molar-refractivity contribution in [2.45, 2.75) is 44.4 Å². The molecule has 1 fully saturated rings. The van der Waals surface area contributed by atoms with Crippen molar-refractivity contribution in [2.24, 2.45) is 5.73 Å². The van der Waals surface area contributed by atoms with Crippen LogP contribution < -0.4 is 11.1 Å². The lowest BCUT2D eigenvalue weighted by Crippen LogP contribution is -2.33. The van der Waals surface area contributed by atoms with Gasteiger partial charge in [-0.1, -0.05) is 18.7 Å². The summed E-state index contributed by atoms with van der Waals surface area (Å²) in [6.07, 6.45) is 3.03. The summed E-state index contributed by atoms with van der Waals surface area (Å²) < 4.78 is 42.6. The quantitative estimate of drug-likeness (QED) is 0.448. The topological polar surface area (TPSA) is 111 Å². The number of likely N-dealkylation sites (tertiary alicyclic amines) is 1. The summed E-state index contributed by atoms with van der Waals surface area (Å²) in [6.45, 7) is 4.88. The number of carbonyl (C=O) groups is 2. The maximum absolute atomic E-state index is 13.1. The number of nitrogens with zero attached hydrogens (tertiary/aromatic N) is 5. The van der Waals surface area contributed by atoms with Crippen LogP contribution in [0.1, 0.15) is 53.2 Å². The lowest BCUT2D eigenvalue weighted by Gasteiger charge is -2.28. The summed E-state index contributed by atoms with van der Waals surface area (Å²) in [5, 5.41) is 12.1. The normalized spacial score (nSPS) is 15.1. The first-order valence-corrected chi connectivity index (χ1v) is 12.3. The number of halogens is 3. The fourth-order valence-corrected chi connectivity index (χ4v) is 4.86. The van der Waals surface area contributed by atoms with Gasteiger partial charge in [0.25, 0.3) is 5.91 Å². The number of carbonyl (C=O) groups excluding carboxylic acids is 2. The van der Waals surface area contributed by atoms with Gasteiger partial charge in [-0.2, -0.15) is 23.4 Å². The van der Waals surface area contributed by atoms with Gasteiger partial charge in [0.05, 0.1) is 24.3 Å². The maximum Gasteiger partial charge on any atom is 0.416 e. The Morgan fingerprint density at radius 3 is 2.55 bits per heavy atom. The minimum Gasteiger partial charge on any atom is -0.373 e. The van der Waals surface area contributed by atoms with Gasteiger partial charge in [0.1, 0.15) is 17.1 Å². The van der Waals surface area contributed by atoms with Crippen molar-refractivity contribution in [2.75, 3.05) is 25.5 Å². The van der Waals surface area contributed by atoms with Crippen molar-refractivity contribution in [3.63, 3.8) is 0 Å². The molecule has 1 aromatic carbocycles. The Labute approximate surface area is 218 Å². The van der Waals surface area contributed by atoms with Gasteiger partial charge in [-0.3, -0.25) is 14.3 Å². The van der Waals surface area contributed by atoms with E-state index in [1.807, 2.05) is 0 Å². The molecule has 3 heterocycles. The van der Waals surface area contributed by atoms with Crippen LogP contribution in [0.5, 0.6) is 0 Å². The molecule has 0 atom stereocenters. The molecule has 4 rings (SSSR count). The van der Waals surface area contributed by atoms with E-state index in [1.165, 1.54) is 23.0 Å². The van der Waals surface area contributed by atoms with E-state index in [0.29, 0.717) is 35.7 Å². The number of primary amides is 1. The molecule has 1 aliphatic heterocycles. The van der Waals surface area contributed by atoms with Gasteiger partial charge < -0.3 is 16.0 Å². The van der Waals surface area contributed by atoms with E-state index in [1.54, 1.807) is 28.9 Å². The highest BCUT2D eigenvalue weighted by Crippen LogP contribution is 2.34. The number of nitrogens with two attached hydrogens (primary N) is 1. The Bertz CT molecular complexity index is 1320. The summed E-state index contributed by atoms with van der Waals surface area (Å²) in [5.74, 6) is -0.253. The predicted molar refractivity (Wildman–Crippen MR) is 136 cm³/mol. The largest absolute Gasteiger partial charge is 0.416 e. The third kappa shape index (κ3) is 5.74. The zero-order valence-corrected chi connectivity index (χ0v) is 21.0. The predicted octanol–water partition coefficient (Wildman–Crippen LogP) is 4.08. The van der Waals surface area contributed by atoms with Gasteiger partial charge in [-0.05, 0) is 49.5 Å². The van der Waals surface area contributed by atoms with Gasteiger partial charge in [0.15, 0.2) is 0 Å². The summed E-state index contributed by atoms with van der Waals surface area (Å²) in [5.41, 5.74) is 6.56. The van der Waals surface area contributed by atoms with Crippen LogP contribution >= 0.6 is 0 Å². The van der Waals surface area contributed by atoms with Crippen molar-refractivity contribution in [1.29, 1.82) is 0 Å². The number of hydrogen-bond donors (Lipinski definition) is 2. The van der Waals surface area contributed by atoms with Crippen LogP contribution in [0.4, 0.5) is 19.0 Å². The molecule has 0 unspecified atom stereocenters. The van der Waals surface area contributed by atoms with Gasteiger partial charge in [-0.15, -0.1) is 0 Å². The Morgan fingerprint density at radius 2 is 1.95 bits per heavy atom. The van der Waals surface area contributed by atoms with Gasteiger partial charge in [0, 0.05) is 31.9 Å².